The van der Waals surface area contributed by atoms with Gasteiger partial charge in [0.2, 0.25) is 5.91 Å². The van der Waals surface area contributed by atoms with Crippen molar-refractivity contribution in [1.29, 1.82) is 0 Å². The van der Waals surface area contributed by atoms with Crippen molar-refractivity contribution in [2.45, 2.75) is 31.8 Å². The lowest BCUT2D eigenvalue weighted by molar-refractivity contribution is -0.133. The average molecular weight is 453 g/mol. The van der Waals surface area contributed by atoms with Crippen LogP contribution in [-0.2, 0) is 4.79 Å². The number of hydrogen-bond donors (Lipinski definition) is 0. The van der Waals surface area contributed by atoms with Gasteiger partial charge < -0.3 is 9.64 Å². The van der Waals surface area contributed by atoms with E-state index in [9.17, 15) is 9.59 Å². The summed E-state index contributed by atoms with van der Waals surface area (Å²) in [6, 6.07) is 7.01. The number of ether oxygens (including phenoxy) is 1. The topological polar surface area (TPSA) is 72.4 Å². The van der Waals surface area contributed by atoms with Crippen molar-refractivity contribution in [3.05, 3.63) is 51.7 Å². The SMILES string of the molecule is O=C(CCC(=O)N1CCCC(Oc2ncc(Br)cn2)C1)c1ccc(Cl)cc1. The smallest absolute Gasteiger partial charge is 0.316 e. The quantitative estimate of drug-likeness (QED) is 0.621. The lowest BCUT2D eigenvalue weighted by Crippen LogP contribution is -2.44. The summed E-state index contributed by atoms with van der Waals surface area (Å²) in [5.41, 5.74) is 0.569. The first-order valence-electron chi connectivity index (χ1n) is 8.72. The number of hydrogen-bond acceptors (Lipinski definition) is 5. The lowest BCUT2D eigenvalue weighted by Gasteiger charge is -2.32. The van der Waals surface area contributed by atoms with Crippen LogP contribution in [0.15, 0.2) is 41.1 Å². The fourth-order valence-electron chi connectivity index (χ4n) is 2.93. The minimum Gasteiger partial charge on any atom is -0.458 e. The number of likely N-dealkylation sites (tertiary alicyclic amines) is 1. The molecule has 0 bridgehead atoms. The molecule has 0 N–H and O–H groups in total. The molecule has 1 unspecified atom stereocenters. The van der Waals surface area contributed by atoms with Crippen molar-refractivity contribution in [2.24, 2.45) is 0 Å². The summed E-state index contributed by atoms with van der Waals surface area (Å²) in [5, 5.41) is 0.580. The van der Waals surface area contributed by atoms with Gasteiger partial charge in [0, 0.05) is 42.4 Å². The van der Waals surface area contributed by atoms with Gasteiger partial charge in [-0.15, -0.1) is 0 Å². The summed E-state index contributed by atoms with van der Waals surface area (Å²) >= 11 is 9.11. The van der Waals surface area contributed by atoms with Gasteiger partial charge in [0.05, 0.1) is 11.0 Å². The van der Waals surface area contributed by atoms with E-state index < -0.39 is 0 Å². The number of halogens is 2. The number of rotatable bonds is 6. The molecule has 27 heavy (non-hydrogen) atoms. The van der Waals surface area contributed by atoms with E-state index in [1.165, 1.54) is 0 Å². The van der Waals surface area contributed by atoms with Crippen LogP contribution in [0, 0.1) is 0 Å². The maximum absolute atomic E-state index is 12.5. The zero-order valence-corrected chi connectivity index (χ0v) is 16.9. The molecule has 1 fully saturated rings. The van der Waals surface area contributed by atoms with E-state index >= 15 is 0 Å². The van der Waals surface area contributed by atoms with Gasteiger partial charge in [-0.3, -0.25) is 9.59 Å². The predicted molar refractivity (Wildman–Crippen MR) is 105 cm³/mol. The van der Waals surface area contributed by atoms with E-state index in [0.29, 0.717) is 29.7 Å². The normalized spacial score (nSPS) is 16.8. The Balaban J connectivity index is 1.49. The van der Waals surface area contributed by atoms with E-state index in [4.69, 9.17) is 16.3 Å². The van der Waals surface area contributed by atoms with Crippen LogP contribution >= 0.6 is 27.5 Å². The van der Waals surface area contributed by atoms with E-state index in [1.54, 1.807) is 41.6 Å². The van der Waals surface area contributed by atoms with Crippen LogP contribution in [0.25, 0.3) is 0 Å². The molecular formula is C19H19BrClN3O3. The summed E-state index contributed by atoms with van der Waals surface area (Å²) in [6.45, 7) is 1.16. The second-order valence-corrected chi connectivity index (χ2v) is 7.69. The van der Waals surface area contributed by atoms with Crippen LogP contribution in [-0.4, -0.2) is 45.8 Å². The summed E-state index contributed by atoms with van der Waals surface area (Å²) < 4.78 is 6.56. The molecule has 1 aromatic carbocycles. The molecule has 3 rings (SSSR count). The number of piperidine rings is 1. The van der Waals surface area contributed by atoms with Crippen molar-refractivity contribution in [3.8, 4) is 6.01 Å². The highest BCUT2D eigenvalue weighted by Crippen LogP contribution is 2.18. The fourth-order valence-corrected chi connectivity index (χ4v) is 3.26. The van der Waals surface area contributed by atoms with Gasteiger partial charge in [0.15, 0.2) is 5.78 Å². The third-order valence-corrected chi connectivity index (χ3v) is 4.99. The van der Waals surface area contributed by atoms with Gasteiger partial charge >= 0.3 is 6.01 Å². The molecule has 0 saturated carbocycles. The molecule has 1 aliphatic heterocycles. The molecule has 1 aliphatic rings. The highest BCUT2D eigenvalue weighted by atomic mass is 79.9. The second kappa shape index (κ2) is 9.28. The number of carbonyl (C=O) groups is 2. The van der Waals surface area contributed by atoms with Crippen molar-refractivity contribution in [1.82, 2.24) is 14.9 Å². The fraction of sp³-hybridized carbons (Fsp3) is 0.368. The van der Waals surface area contributed by atoms with Crippen LogP contribution in [0.1, 0.15) is 36.0 Å². The Morgan fingerprint density at radius 1 is 1.19 bits per heavy atom. The Morgan fingerprint density at radius 2 is 1.89 bits per heavy atom. The second-order valence-electron chi connectivity index (χ2n) is 6.34. The molecule has 0 radical (unpaired) electrons. The first-order chi connectivity index (χ1) is 13.0. The number of ketones is 1. The van der Waals surface area contributed by atoms with Gasteiger partial charge in [-0.2, -0.15) is 0 Å². The molecule has 1 atom stereocenters. The number of amides is 1. The highest BCUT2D eigenvalue weighted by molar-refractivity contribution is 9.10. The zero-order valence-electron chi connectivity index (χ0n) is 14.6. The Bertz CT molecular complexity index is 799. The number of nitrogens with zero attached hydrogens (tertiary/aromatic N) is 3. The number of carbonyl (C=O) groups excluding carboxylic acids is 2. The van der Waals surface area contributed by atoms with Gasteiger partial charge in [0.25, 0.3) is 0 Å². The first kappa shape index (κ1) is 19.8. The van der Waals surface area contributed by atoms with E-state index in [2.05, 4.69) is 25.9 Å². The van der Waals surface area contributed by atoms with Crippen LogP contribution in [0.4, 0.5) is 0 Å². The minimum atomic E-state index is -0.143. The zero-order chi connectivity index (χ0) is 19.2. The maximum atomic E-state index is 12.5. The first-order valence-corrected chi connectivity index (χ1v) is 9.89. The number of aromatic nitrogens is 2. The predicted octanol–water partition coefficient (Wildman–Crippen LogP) is 3.93. The molecule has 1 saturated heterocycles. The molecule has 6 nitrogen and oxygen atoms in total. The molecule has 2 heterocycles. The standard InChI is InChI=1S/C19H19BrClN3O3/c20-14-10-22-19(23-11-14)27-16-2-1-9-24(12-16)18(26)8-7-17(25)13-3-5-15(21)6-4-13/h3-6,10-11,16H,1-2,7-9,12H2. The monoisotopic (exact) mass is 451 g/mol. The minimum absolute atomic E-state index is 0.0395. The molecule has 142 valence electrons. The summed E-state index contributed by atoms with van der Waals surface area (Å²) in [6.07, 6.45) is 5.15. The van der Waals surface area contributed by atoms with Crippen LogP contribution in [0.5, 0.6) is 6.01 Å². The summed E-state index contributed by atoms with van der Waals surface area (Å²) in [5.74, 6) is -0.101. The van der Waals surface area contributed by atoms with Gasteiger partial charge in [-0.1, -0.05) is 11.6 Å². The summed E-state index contributed by atoms with van der Waals surface area (Å²) in [7, 11) is 0. The molecule has 1 aromatic heterocycles. The van der Waals surface area contributed by atoms with Crippen molar-refractivity contribution >= 4 is 39.2 Å². The van der Waals surface area contributed by atoms with Crippen LogP contribution in [0.2, 0.25) is 5.02 Å². The Labute approximate surface area is 171 Å². The maximum Gasteiger partial charge on any atom is 0.316 e. The van der Waals surface area contributed by atoms with Crippen LogP contribution < -0.4 is 4.74 Å². The van der Waals surface area contributed by atoms with Crippen molar-refractivity contribution in [2.75, 3.05) is 13.1 Å². The third kappa shape index (κ3) is 5.74. The Morgan fingerprint density at radius 3 is 2.59 bits per heavy atom. The highest BCUT2D eigenvalue weighted by Gasteiger charge is 2.25. The number of benzene rings is 1. The molecular weight excluding hydrogens is 434 g/mol. The van der Waals surface area contributed by atoms with Crippen LogP contribution in [0.3, 0.4) is 0 Å². The Hall–Kier alpha value is -1.99. The van der Waals surface area contributed by atoms with Gasteiger partial charge in [-0.25, -0.2) is 9.97 Å². The molecule has 0 aliphatic carbocycles. The number of Topliss-reactive ketones (excluding diaryl/α,β-unsaturated/α-hetero) is 1. The van der Waals surface area contributed by atoms with E-state index in [-0.39, 0.29) is 30.6 Å². The average Bonchev–Trinajstić information content (AvgIpc) is 2.68. The Kier molecular flexibility index (Phi) is 6.79. The van der Waals surface area contributed by atoms with Crippen molar-refractivity contribution in [3.63, 3.8) is 0 Å². The molecule has 2 aromatic rings. The summed E-state index contributed by atoms with van der Waals surface area (Å²) in [4.78, 5) is 34.7. The van der Waals surface area contributed by atoms with Crippen molar-refractivity contribution < 1.29 is 14.3 Å². The third-order valence-electron chi connectivity index (χ3n) is 4.33. The molecule has 1 amide bonds. The molecule has 0 spiro atoms. The van der Waals surface area contributed by atoms with E-state index in [1.807, 2.05) is 0 Å². The molecule has 8 heteroatoms. The van der Waals surface area contributed by atoms with Gasteiger partial charge in [-0.05, 0) is 53.0 Å². The van der Waals surface area contributed by atoms with E-state index in [0.717, 1.165) is 17.3 Å². The largest absolute Gasteiger partial charge is 0.458 e. The lowest BCUT2D eigenvalue weighted by atomic mass is 10.0. The van der Waals surface area contributed by atoms with Gasteiger partial charge in [0.1, 0.15) is 6.10 Å².